The third kappa shape index (κ3) is 4.88. The zero-order valence-corrected chi connectivity index (χ0v) is 17.8. The summed E-state index contributed by atoms with van der Waals surface area (Å²) in [5.74, 6) is -0.0799. The second-order valence-corrected chi connectivity index (χ2v) is 9.60. The van der Waals surface area contributed by atoms with Crippen molar-refractivity contribution in [3.8, 4) is 0 Å². The minimum absolute atomic E-state index is 0.0799. The smallest absolute Gasteiger partial charge is 0.264 e. The zero-order valence-electron chi connectivity index (χ0n) is 13.9. The van der Waals surface area contributed by atoms with E-state index in [0.29, 0.717) is 36.9 Å². The van der Waals surface area contributed by atoms with Gasteiger partial charge in [-0.1, -0.05) is 34.8 Å². The van der Waals surface area contributed by atoms with Crippen LogP contribution in [0, 0.1) is 0 Å². The Morgan fingerprint density at radius 1 is 1.19 bits per heavy atom. The fourth-order valence-corrected chi connectivity index (χ4v) is 6.14. The maximum Gasteiger partial charge on any atom is 0.264 e. The summed E-state index contributed by atoms with van der Waals surface area (Å²) in [7, 11) is -4.06. The number of carbonyl (C=O) groups excluding carboxylic acids is 1. The fourth-order valence-electron chi connectivity index (χ4n) is 2.61. The van der Waals surface area contributed by atoms with Gasteiger partial charge in [0, 0.05) is 23.0 Å². The van der Waals surface area contributed by atoms with Gasteiger partial charge >= 0.3 is 0 Å². The molecular weight excluding hydrogens is 455 g/mol. The standard InChI is InChI=1S/C16H15Cl3N2O4S2/c17-10-7-11(18)16(12(19)8-10)27(23,24)20-13-1-6-26-14(13)9-15(22)21-2-4-25-5-3-21/h1,6-8,20H,2-5,9H2. The average Bonchev–Trinajstić information content (AvgIpc) is 3.00. The Bertz CT molecular complexity index is 933. The molecule has 0 atom stereocenters. The van der Waals surface area contributed by atoms with Crippen molar-refractivity contribution < 1.29 is 17.9 Å². The third-order valence-corrected chi connectivity index (χ3v) is 7.32. The number of rotatable bonds is 5. The molecule has 1 fully saturated rings. The summed E-state index contributed by atoms with van der Waals surface area (Å²) in [6, 6.07) is 4.21. The number of nitrogens with zero attached hydrogens (tertiary/aromatic N) is 1. The van der Waals surface area contributed by atoms with Crippen molar-refractivity contribution in [2.75, 3.05) is 31.0 Å². The number of morpholine rings is 1. The fraction of sp³-hybridized carbons (Fsp3) is 0.312. The van der Waals surface area contributed by atoms with Gasteiger partial charge in [-0.2, -0.15) is 0 Å². The first kappa shape index (κ1) is 20.7. The highest BCUT2D eigenvalue weighted by atomic mass is 35.5. The van der Waals surface area contributed by atoms with Crippen molar-refractivity contribution in [2.45, 2.75) is 11.3 Å². The lowest BCUT2D eigenvalue weighted by Gasteiger charge is -2.26. The number of sulfonamides is 1. The molecule has 2 aromatic rings. The normalized spacial score (nSPS) is 15.0. The Kier molecular flexibility index (Phi) is 6.55. The molecule has 3 rings (SSSR count). The SMILES string of the molecule is O=C(Cc1sccc1NS(=O)(=O)c1c(Cl)cc(Cl)cc1Cl)N1CCOCC1. The maximum atomic E-state index is 12.8. The van der Waals surface area contributed by atoms with Crippen LogP contribution in [-0.4, -0.2) is 45.5 Å². The van der Waals surface area contributed by atoms with Gasteiger partial charge in [-0.3, -0.25) is 9.52 Å². The summed E-state index contributed by atoms with van der Waals surface area (Å²) in [6.45, 7) is 2.06. The third-order valence-electron chi connectivity index (χ3n) is 3.90. The lowest BCUT2D eigenvalue weighted by Crippen LogP contribution is -2.41. The number of nitrogens with one attached hydrogen (secondary N) is 1. The molecule has 1 aliphatic heterocycles. The van der Waals surface area contributed by atoms with E-state index in [2.05, 4.69) is 4.72 Å². The van der Waals surface area contributed by atoms with Gasteiger partial charge in [0.1, 0.15) is 4.90 Å². The van der Waals surface area contributed by atoms with Crippen LogP contribution in [0.5, 0.6) is 0 Å². The van der Waals surface area contributed by atoms with Gasteiger partial charge < -0.3 is 9.64 Å². The second kappa shape index (κ2) is 8.55. The number of amides is 1. The van der Waals surface area contributed by atoms with Gasteiger partial charge in [0.25, 0.3) is 10.0 Å². The number of anilines is 1. The zero-order chi connectivity index (χ0) is 19.6. The number of halogens is 3. The molecule has 0 bridgehead atoms. The van der Waals surface area contributed by atoms with Crippen LogP contribution >= 0.6 is 46.1 Å². The Morgan fingerprint density at radius 2 is 1.81 bits per heavy atom. The molecule has 0 spiro atoms. The molecule has 0 unspecified atom stereocenters. The molecule has 1 amide bonds. The number of carbonyl (C=O) groups is 1. The van der Waals surface area contributed by atoms with Crippen LogP contribution < -0.4 is 4.72 Å². The van der Waals surface area contributed by atoms with Crippen LogP contribution in [-0.2, 0) is 26.0 Å². The lowest BCUT2D eigenvalue weighted by atomic mass is 10.2. The predicted octanol–water partition coefficient (Wildman–Crippen LogP) is 3.91. The van der Waals surface area contributed by atoms with E-state index in [9.17, 15) is 13.2 Å². The molecule has 0 radical (unpaired) electrons. The van der Waals surface area contributed by atoms with Crippen LogP contribution in [0.4, 0.5) is 5.69 Å². The van der Waals surface area contributed by atoms with Crippen molar-refractivity contribution in [2.24, 2.45) is 0 Å². The molecule has 1 aromatic carbocycles. The quantitative estimate of drug-likeness (QED) is 0.720. The van der Waals surface area contributed by atoms with E-state index in [1.807, 2.05) is 0 Å². The van der Waals surface area contributed by atoms with E-state index in [1.54, 1.807) is 16.3 Å². The highest BCUT2D eigenvalue weighted by molar-refractivity contribution is 7.93. The monoisotopic (exact) mass is 468 g/mol. The Labute approximate surface area is 176 Å². The summed E-state index contributed by atoms with van der Waals surface area (Å²) in [4.78, 5) is 14.5. The molecule has 11 heteroatoms. The molecule has 0 saturated carbocycles. The minimum Gasteiger partial charge on any atom is -0.378 e. The highest BCUT2D eigenvalue weighted by Gasteiger charge is 2.25. The molecule has 1 aliphatic rings. The van der Waals surface area contributed by atoms with Gasteiger partial charge in [-0.05, 0) is 23.6 Å². The summed E-state index contributed by atoms with van der Waals surface area (Å²) in [6.07, 6.45) is 0.0948. The number of hydrogen-bond donors (Lipinski definition) is 1. The Morgan fingerprint density at radius 3 is 2.44 bits per heavy atom. The molecule has 27 heavy (non-hydrogen) atoms. The van der Waals surface area contributed by atoms with Gasteiger partial charge in [-0.25, -0.2) is 8.42 Å². The van der Waals surface area contributed by atoms with Crippen molar-refractivity contribution in [1.82, 2.24) is 4.90 Å². The van der Waals surface area contributed by atoms with E-state index in [1.165, 1.54) is 23.5 Å². The predicted molar refractivity (Wildman–Crippen MR) is 108 cm³/mol. The first-order valence-electron chi connectivity index (χ1n) is 7.87. The van der Waals surface area contributed by atoms with Crippen molar-refractivity contribution in [1.29, 1.82) is 0 Å². The van der Waals surface area contributed by atoms with E-state index < -0.39 is 10.0 Å². The summed E-state index contributed by atoms with van der Waals surface area (Å²) >= 11 is 19.2. The van der Waals surface area contributed by atoms with E-state index in [4.69, 9.17) is 39.5 Å². The van der Waals surface area contributed by atoms with Gasteiger partial charge in [0.05, 0.1) is 35.4 Å². The Hall–Kier alpha value is -1.03. The molecular formula is C16H15Cl3N2O4S2. The van der Waals surface area contributed by atoms with E-state index in [-0.39, 0.29) is 32.3 Å². The first-order valence-corrected chi connectivity index (χ1v) is 11.4. The van der Waals surface area contributed by atoms with Crippen molar-refractivity contribution in [3.05, 3.63) is 43.5 Å². The first-order chi connectivity index (χ1) is 12.8. The van der Waals surface area contributed by atoms with Crippen molar-refractivity contribution in [3.63, 3.8) is 0 Å². The van der Waals surface area contributed by atoms with Gasteiger partial charge in [0.2, 0.25) is 5.91 Å². The lowest BCUT2D eigenvalue weighted by molar-refractivity contribution is -0.134. The van der Waals surface area contributed by atoms with Crippen LogP contribution in [0.25, 0.3) is 0 Å². The van der Waals surface area contributed by atoms with Crippen LogP contribution in [0.1, 0.15) is 4.88 Å². The molecule has 1 aromatic heterocycles. The van der Waals surface area contributed by atoms with E-state index in [0.717, 1.165) is 0 Å². The van der Waals surface area contributed by atoms with Crippen LogP contribution in [0.3, 0.4) is 0 Å². The van der Waals surface area contributed by atoms with Crippen LogP contribution in [0.15, 0.2) is 28.5 Å². The molecule has 146 valence electrons. The number of thiophene rings is 1. The maximum absolute atomic E-state index is 12.8. The van der Waals surface area contributed by atoms with Gasteiger partial charge in [-0.15, -0.1) is 11.3 Å². The second-order valence-electron chi connectivity index (χ2n) is 5.73. The molecule has 0 aliphatic carbocycles. The molecule has 1 N–H and O–H groups in total. The minimum atomic E-state index is -4.06. The average molecular weight is 470 g/mol. The van der Waals surface area contributed by atoms with Crippen LogP contribution in [0.2, 0.25) is 15.1 Å². The molecule has 6 nitrogen and oxygen atoms in total. The van der Waals surface area contributed by atoms with E-state index >= 15 is 0 Å². The number of hydrogen-bond acceptors (Lipinski definition) is 5. The summed E-state index contributed by atoms with van der Waals surface area (Å²) in [5.41, 5.74) is 0.323. The molecule has 2 heterocycles. The number of ether oxygens (including phenoxy) is 1. The topological polar surface area (TPSA) is 75.7 Å². The molecule has 1 saturated heterocycles. The summed E-state index contributed by atoms with van der Waals surface area (Å²) in [5, 5.41) is 1.78. The largest absolute Gasteiger partial charge is 0.378 e. The summed E-state index contributed by atoms with van der Waals surface area (Å²) < 4.78 is 33.2. The van der Waals surface area contributed by atoms with Crippen molar-refractivity contribution >= 4 is 67.8 Å². The Balaban J connectivity index is 1.81. The van der Waals surface area contributed by atoms with Gasteiger partial charge in [0.15, 0.2) is 0 Å². The highest BCUT2D eigenvalue weighted by Crippen LogP contribution is 2.35. The number of benzene rings is 1.